The van der Waals surface area contributed by atoms with Crippen LogP contribution in [0.5, 0.6) is 0 Å². The third-order valence-corrected chi connectivity index (χ3v) is 3.25. The molecule has 2 amide bonds. The summed E-state index contributed by atoms with van der Waals surface area (Å²) in [6, 6.07) is 10.9. The van der Waals surface area contributed by atoms with Crippen molar-refractivity contribution in [3.8, 4) is 0 Å². The summed E-state index contributed by atoms with van der Waals surface area (Å²) in [6.45, 7) is -0.586. The number of ketones is 1. The van der Waals surface area contributed by atoms with Gasteiger partial charge in [0.1, 0.15) is 0 Å². The van der Waals surface area contributed by atoms with Crippen molar-refractivity contribution in [2.45, 2.75) is 6.42 Å². The normalized spacial score (nSPS) is 10.1. The van der Waals surface area contributed by atoms with E-state index in [-0.39, 0.29) is 18.5 Å². The number of hydrogen-bond acceptors (Lipinski definition) is 4. The Morgan fingerprint density at radius 1 is 0.962 bits per heavy atom. The molecule has 8 heteroatoms. The Hall–Kier alpha value is -3.29. The molecule has 6 nitrogen and oxygen atoms in total. The molecule has 2 N–H and O–H groups in total. The summed E-state index contributed by atoms with van der Waals surface area (Å²) in [4.78, 5) is 34.9. The minimum absolute atomic E-state index is 0.0108. The number of esters is 1. The predicted octanol–water partition coefficient (Wildman–Crippen LogP) is 2.90. The molecular formula is C18H16F2N2O4. The molecule has 0 unspecified atom stereocenters. The third kappa shape index (κ3) is 5.97. The average molecular weight is 362 g/mol. The molecule has 2 aromatic rings. The molecule has 0 aromatic heterocycles. The van der Waals surface area contributed by atoms with Gasteiger partial charge in [0.2, 0.25) is 0 Å². The van der Waals surface area contributed by atoms with Crippen LogP contribution in [-0.2, 0) is 9.53 Å². The van der Waals surface area contributed by atoms with Crippen molar-refractivity contribution in [2.24, 2.45) is 0 Å². The summed E-state index contributed by atoms with van der Waals surface area (Å²) in [5.41, 5.74) is 0.502. The van der Waals surface area contributed by atoms with Crippen molar-refractivity contribution < 1.29 is 27.9 Å². The number of anilines is 1. The Morgan fingerprint density at radius 2 is 1.69 bits per heavy atom. The van der Waals surface area contributed by atoms with Gasteiger partial charge in [0, 0.05) is 17.8 Å². The van der Waals surface area contributed by atoms with E-state index in [0.29, 0.717) is 5.69 Å². The van der Waals surface area contributed by atoms with Crippen LogP contribution in [0, 0.1) is 11.6 Å². The minimum atomic E-state index is -1.16. The number of halogens is 2. The first kappa shape index (κ1) is 19.0. The van der Waals surface area contributed by atoms with Crippen LogP contribution in [0.3, 0.4) is 0 Å². The summed E-state index contributed by atoms with van der Waals surface area (Å²) in [7, 11) is 0. The van der Waals surface area contributed by atoms with Gasteiger partial charge in [-0.15, -0.1) is 0 Å². The number of amides is 2. The molecule has 0 atom stereocenters. The summed E-state index contributed by atoms with van der Waals surface area (Å²) in [5.74, 6) is -3.60. The van der Waals surface area contributed by atoms with E-state index in [2.05, 4.69) is 10.6 Å². The standard InChI is InChI=1S/C18H16F2N2O4/c19-14-7-6-12(10-15(14)20)16(23)11-26-17(24)8-9-21-18(25)22-13-4-2-1-3-5-13/h1-7,10H,8-9,11H2,(H2,21,22,25). The lowest BCUT2D eigenvalue weighted by atomic mass is 10.1. The smallest absolute Gasteiger partial charge is 0.319 e. The van der Waals surface area contributed by atoms with Crippen LogP contribution < -0.4 is 10.6 Å². The van der Waals surface area contributed by atoms with Gasteiger partial charge in [-0.2, -0.15) is 0 Å². The number of hydrogen-bond donors (Lipinski definition) is 2. The Balaban J connectivity index is 1.67. The molecule has 0 saturated carbocycles. The highest BCUT2D eigenvalue weighted by molar-refractivity contribution is 5.98. The Labute approximate surface area is 148 Å². The summed E-state index contributed by atoms with van der Waals surface area (Å²) in [6.07, 6.45) is -0.146. The zero-order chi connectivity index (χ0) is 18.9. The van der Waals surface area contributed by atoms with E-state index in [1.54, 1.807) is 30.3 Å². The van der Waals surface area contributed by atoms with Crippen LogP contribution in [-0.4, -0.2) is 30.9 Å². The van der Waals surface area contributed by atoms with Gasteiger partial charge in [0.05, 0.1) is 6.42 Å². The van der Waals surface area contributed by atoms with Crippen LogP contribution in [0.2, 0.25) is 0 Å². The van der Waals surface area contributed by atoms with Gasteiger partial charge in [-0.3, -0.25) is 9.59 Å². The lowest BCUT2D eigenvalue weighted by Crippen LogP contribution is -2.31. The van der Waals surface area contributed by atoms with E-state index in [4.69, 9.17) is 4.74 Å². The molecule has 0 bridgehead atoms. The topological polar surface area (TPSA) is 84.5 Å². The predicted molar refractivity (Wildman–Crippen MR) is 89.7 cm³/mol. The first-order chi connectivity index (χ1) is 12.5. The number of benzene rings is 2. The Morgan fingerprint density at radius 3 is 2.38 bits per heavy atom. The highest BCUT2D eigenvalue weighted by atomic mass is 19.2. The van der Waals surface area contributed by atoms with E-state index in [1.165, 1.54) is 0 Å². The second-order valence-corrected chi connectivity index (χ2v) is 5.21. The van der Waals surface area contributed by atoms with E-state index in [9.17, 15) is 23.2 Å². The summed E-state index contributed by atoms with van der Waals surface area (Å²) in [5, 5.41) is 5.04. The fourth-order valence-electron chi connectivity index (χ4n) is 1.95. The number of rotatable bonds is 7. The maximum Gasteiger partial charge on any atom is 0.319 e. The lowest BCUT2D eigenvalue weighted by molar-refractivity contribution is -0.142. The van der Waals surface area contributed by atoms with Gasteiger partial charge in [0.25, 0.3) is 0 Å². The van der Waals surface area contributed by atoms with Gasteiger partial charge in [0.15, 0.2) is 24.0 Å². The number of para-hydroxylation sites is 1. The number of carbonyl (C=O) groups excluding carboxylic acids is 3. The Kier molecular flexibility index (Phi) is 6.78. The molecule has 0 spiro atoms. The van der Waals surface area contributed by atoms with E-state index < -0.39 is 36.0 Å². The van der Waals surface area contributed by atoms with Crippen LogP contribution in [0.4, 0.5) is 19.3 Å². The maximum atomic E-state index is 13.1. The molecule has 0 fully saturated rings. The van der Waals surface area contributed by atoms with Gasteiger partial charge < -0.3 is 15.4 Å². The SMILES string of the molecule is O=C(NCCC(=O)OCC(=O)c1ccc(F)c(F)c1)Nc1ccccc1. The fourth-order valence-corrected chi connectivity index (χ4v) is 1.95. The van der Waals surface area contributed by atoms with Crippen molar-refractivity contribution in [3.63, 3.8) is 0 Å². The number of ether oxygens (including phenoxy) is 1. The van der Waals surface area contributed by atoms with Gasteiger partial charge >= 0.3 is 12.0 Å². The van der Waals surface area contributed by atoms with E-state index in [1.807, 2.05) is 0 Å². The van der Waals surface area contributed by atoms with Crippen molar-refractivity contribution in [3.05, 3.63) is 65.7 Å². The molecule has 136 valence electrons. The third-order valence-electron chi connectivity index (χ3n) is 3.25. The van der Waals surface area contributed by atoms with Crippen molar-refractivity contribution in [1.29, 1.82) is 0 Å². The zero-order valence-electron chi connectivity index (χ0n) is 13.6. The van der Waals surface area contributed by atoms with Gasteiger partial charge in [-0.1, -0.05) is 18.2 Å². The second-order valence-electron chi connectivity index (χ2n) is 5.21. The molecule has 26 heavy (non-hydrogen) atoms. The largest absolute Gasteiger partial charge is 0.457 e. The van der Waals surface area contributed by atoms with Gasteiger partial charge in [-0.25, -0.2) is 13.6 Å². The van der Waals surface area contributed by atoms with Crippen LogP contribution in [0.1, 0.15) is 16.8 Å². The van der Waals surface area contributed by atoms with E-state index >= 15 is 0 Å². The van der Waals surface area contributed by atoms with Crippen LogP contribution in [0.15, 0.2) is 48.5 Å². The first-order valence-corrected chi connectivity index (χ1v) is 7.69. The number of urea groups is 1. The van der Waals surface area contributed by atoms with Crippen molar-refractivity contribution in [2.75, 3.05) is 18.5 Å². The molecule has 0 heterocycles. The number of nitrogens with one attached hydrogen (secondary N) is 2. The van der Waals surface area contributed by atoms with Crippen molar-refractivity contribution >= 4 is 23.5 Å². The fraction of sp³-hybridized carbons (Fsp3) is 0.167. The number of carbonyl (C=O) groups is 3. The zero-order valence-corrected chi connectivity index (χ0v) is 13.6. The number of Topliss-reactive ketones (excluding diaryl/α,β-unsaturated/α-hetero) is 1. The van der Waals surface area contributed by atoms with Crippen LogP contribution >= 0.6 is 0 Å². The molecule has 0 aliphatic heterocycles. The monoisotopic (exact) mass is 362 g/mol. The second kappa shape index (κ2) is 9.26. The molecular weight excluding hydrogens is 346 g/mol. The molecule has 2 rings (SSSR count). The highest BCUT2D eigenvalue weighted by Gasteiger charge is 2.13. The highest BCUT2D eigenvalue weighted by Crippen LogP contribution is 2.09. The molecule has 2 aromatic carbocycles. The maximum absolute atomic E-state index is 13.1. The Bertz CT molecular complexity index is 797. The molecule has 0 saturated heterocycles. The molecule has 0 aliphatic carbocycles. The average Bonchev–Trinajstić information content (AvgIpc) is 2.62. The van der Waals surface area contributed by atoms with Crippen molar-refractivity contribution in [1.82, 2.24) is 5.32 Å². The lowest BCUT2D eigenvalue weighted by Gasteiger charge is -2.08. The molecule has 0 aliphatic rings. The summed E-state index contributed by atoms with van der Waals surface area (Å²) < 4.78 is 30.6. The quantitative estimate of drug-likeness (QED) is 0.586. The summed E-state index contributed by atoms with van der Waals surface area (Å²) >= 11 is 0. The minimum Gasteiger partial charge on any atom is -0.457 e. The molecule has 0 radical (unpaired) electrons. The van der Waals surface area contributed by atoms with Crippen LogP contribution in [0.25, 0.3) is 0 Å². The first-order valence-electron chi connectivity index (χ1n) is 7.69. The van der Waals surface area contributed by atoms with E-state index in [0.717, 1.165) is 18.2 Å². The van der Waals surface area contributed by atoms with Gasteiger partial charge in [-0.05, 0) is 30.3 Å².